The zero-order valence-corrected chi connectivity index (χ0v) is 18.9. The van der Waals surface area contributed by atoms with Crippen LogP contribution in [0.2, 0.25) is 0 Å². The first kappa shape index (κ1) is 23.5. The van der Waals surface area contributed by atoms with Crippen LogP contribution in [-0.4, -0.2) is 75.7 Å². The third-order valence-electron chi connectivity index (χ3n) is 5.34. The Morgan fingerprint density at radius 3 is 2.69 bits per heavy atom. The van der Waals surface area contributed by atoms with E-state index in [9.17, 15) is 0 Å². The fourth-order valence-electron chi connectivity index (χ4n) is 3.41. The number of piperidine rings is 1. The number of benzene rings is 1. The van der Waals surface area contributed by atoms with Crippen molar-refractivity contribution in [1.29, 1.82) is 0 Å². The number of hydrogen-bond donors (Lipinski definition) is 2. The van der Waals surface area contributed by atoms with E-state index in [2.05, 4.69) is 54.4 Å². The topological polar surface area (TPSA) is 52.1 Å². The highest BCUT2D eigenvalue weighted by atomic mass is 16.5. The standard InChI is InChI=1S/C23H41N5O/c1-5-24-23(25-13-8-14-28-15-11-20(2)12-16-28)26-19-21-9-6-7-10-22(21)29-18-17-27(3)4/h6-7,9-10,20H,5,8,11-19H2,1-4H3,(H2,24,25,26). The smallest absolute Gasteiger partial charge is 0.191 e. The van der Waals surface area contributed by atoms with E-state index >= 15 is 0 Å². The van der Waals surface area contributed by atoms with Gasteiger partial charge in [0, 0.05) is 25.2 Å². The minimum absolute atomic E-state index is 0.609. The normalized spacial score (nSPS) is 16.2. The SMILES string of the molecule is CCNC(=NCc1ccccc1OCCN(C)C)NCCCN1CCC(C)CC1. The maximum atomic E-state index is 5.96. The van der Waals surface area contributed by atoms with Gasteiger partial charge in [0.15, 0.2) is 5.96 Å². The third kappa shape index (κ3) is 9.50. The Hall–Kier alpha value is -1.79. The molecule has 0 radical (unpaired) electrons. The van der Waals surface area contributed by atoms with E-state index in [1.807, 2.05) is 18.2 Å². The van der Waals surface area contributed by atoms with Crippen LogP contribution in [0.25, 0.3) is 0 Å². The number of likely N-dealkylation sites (tertiary alicyclic amines) is 1. The number of guanidine groups is 1. The Kier molecular flexibility index (Phi) is 10.9. The molecule has 1 saturated heterocycles. The van der Waals surface area contributed by atoms with Gasteiger partial charge in [-0.3, -0.25) is 0 Å². The highest BCUT2D eigenvalue weighted by Crippen LogP contribution is 2.19. The van der Waals surface area contributed by atoms with Crippen molar-refractivity contribution in [2.24, 2.45) is 10.9 Å². The molecule has 0 aliphatic carbocycles. The van der Waals surface area contributed by atoms with Gasteiger partial charge in [0.05, 0.1) is 6.54 Å². The number of rotatable bonds is 11. The lowest BCUT2D eigenvalue weighted by Gasteiger charge is -2.30. The largest absolute Gasteiger partial charge is 0.492 e. The van der Waals surface area contributed by atoms with Crippen LogP contribution in [-0.2, 0) is 6.54 Å². The first-order valence-corrected chi connectivity index (χ1v) is 11.2. The average Bonchev–Trinajstić information content (AvgIpc) is 2.71. The van der Waals surface area contributed by atoms with E-state index in [4.69, 9.17) is 9.73 Å². The fraction of sp³-hybridized carbons (Fsp3) is 0.696. The van der Waals surface area contributed by atoms with Gasteiger partial charge in [0.2, 0.25) is 0 Å². The van der Waals surface area contributed by atoms with Crippen molar-refractivity contribution in [2.45, 2.75) is 39.7 Å². The van der Waals surface area contributed by atoms with Crippen LogP contribution >= 0.6 is 0 Å². The second kappa shape index (κ2) is 13.4. The van der Waals surface area contributed by atoms with Gasteiger partial charge < -0.3 is 25.2 Å². The molecule has 0 unspecified atom stereocenters. The summed E-state index contributed by atoms with van der Waals surface area (Å²) >= 11 is 0. The molecular weight excluding hydrogens is 362 g/mol. The number of para-hydroxylation sites is 1. The van der Waals surface area contributed by atoms with Gasteiger partial charge in [-0.05, 0) is 71.9 Å². The lowest BCUT2D eigenvalue weighted by Crippen LogP contribution is -2.39. The molecule has 0 spiro atoms. The number of likely N-dealkylation sites (N-methyl/N-ethyl adjacent to an activating group) is 1. The van der Waals surface area contributed by atoms with Crippen molar-refractivity contribution >= 4 is 5.96 Å². The number of nitrogens with zero attached hydrogens (tertiary/aromatic N) is 3. The van der Waals surface area contributed by atoms with E-state index in [0.29, 0.717) is 13.2 Å². The van der Waals surface area contributed by atoms with E-state index in [1.165, 1.54) is 32.5 Å². The summed E-state index contributed by atoms with van der Waals surface area (Å²) in [4.78, 5) is 9.49. The molecule has 0 amide bonds. The minimum Gasteiger partial charge on any atom is -0.492 e. The summed E-state index contributed by atoms with van der Waals surface area (Å²) in [6.45, 7) is 12.1. The monoisotopic (exact) mass is 403 g/mol. The van der Waals surface area contributed by atoms with Crippen molar-refractivity contribution < 1.29 is 4.74 Å². The summed E-state index contributed by atoms with van der Waals surface area (Å²) in [5, 5.41) is 6.83. The van der Waals surface area contributed by atoms with Gasteiger partial charge in [0.1, 0.15) is 12.4 Å². The van der Waals surface area contributed by atoms with Gasteiger partial charge in [-0.2, -0.15) is 0 Å². The van der Waals surface area contributed by atoms with Crippen LogP contribution in [0, 0.1) is 5.92 Å². The van der Waals surface area contributed by atoms with Crippen molar-refractivity contribution in [1.82, 2.24) is 20.4 Å². The average molecular weight is 404 g/mol. The van der Waals surface area contributed by atoms with Gasteiger partial charge in [0.25, 0.3) is 0 Å². The third-order valence-corrected chi connectivity index (χ3v) is 5.34. The summed E-state index contributed by atoms with van der Waals surface area (Å²) in [5.74, 6) is 2.70. The Labute approximate surface area is 177 Å². The van der Waals surface area contributed by atoms with Gasteiger partial charge >= 0.3 is 0 Å². The molecular formula is C23H41N5O. The molecule has 2 N–H and O–H groups in total. The predicted molar refractivity (Wildman–Crippen MR) is 123 cm³/mol. The Balaban J connectivity index is 1.79. The van der Waals surface area contributed by atoms with E-state index in [1.54, 1.807) is 0 Å². The van der Waals surface area contributed by atoms with E-state index in [0.717, 1.165) is 49.2 Å². The van der Waals surface area contributed by atoms with Gasteiger partial charge in [-0.1, -0.05) is 25.1 Å². The molecule has 0 atom stereocenters. The van der Waals surface area contributed by atoms with E-state index < -0.39 is 0 Å². The van der Waals surface area contributed by atoms with Gasteiger partial charge in [-0.25, -0.2) is 4.99 Å². The van der Waals surface area contributed by atoms with Crippen LogP contribution in [0.4, 0.5) is 0 Å². The summed E-state index contributed by atoms with van der Waals surface area (Å²) in [6.07, 6.45) is 3.82. The molecule has 0 saturated carbocycles. The van der Waals surface area contributed by atoms with Crippen LogP contribution in [0.15, 0.2) is 29.3 Å². The molecule has 1 aromatic carbocycles. The van der Waals surface area contributed by atoms with Crippen LogP contribution in [0.5, 0.6) is 5.75 Å². The summed E-state index contributed by atoms with van der Waals surface area (Å²) in [7, 11) is 4.11. The molecule has 1 heterocycles. The maximum absolute atomic E-state index is 5.96. The number of aliphatic imine (C=N–C) groups is 1. The first-order valence-electron chi connectivity index (χ1n) is 11.2. The molecule has 1 aromatic rings. The molecule has 6 nitrogen and oxygen atoms in total. The predicted octanol–water partition coefficient (Wildman–Crippen LogP) is 2.80. The molecule has 1 aliphatic heterocycles. The fourth-order valence-corrected chi connectivity index (χ4v) is 3.41. The van der Waals surface area contributed by atoms with Crippen molar-refractivity contribution in [2.75, 3.05) is 60.0 Å². The highest BCUT2D eigenvalue weighted by Gasteiger charge is 2.14. The van der Waals surface area contributed by atoms with Crippen LogP contribution in [0.1, 0.15) is 38.7 Å². The molecule has 1 fully saturated rings. The Bertz CT molecular complexity index is 597. The molecule has 1 aliphatic rings. The zero-order chi connectivity index (χ0) is 20.9. The molecule has 29 heavy (non-hydrogen) atoms. The molecule has 0 aromatic heterocycles. The summed E-state index contributed by atoms with van der Waals surface area (Å²) < 4.78 is 5.96. The second-order valence-corrected chi connectivity index (χ2v) is 8.26. The Morgan fingerprint density at radius 2 is 1.97 bits per heavy atom. The summed E-state index contributed by atoms with van der Waals surface area (Å²) in [6, 6.07) is 8.18. The number of hydrogen-bond acceptors (Lipinski definition) is 4. The molecule has 6 heteroatoms. The van der Waals surface area contributed by atoms with Crippen LogP contribution < -0.4 is 15.4 Å². The lowest BCUT2D eigenvalue weighted by atomic mass is 9.99. The first-order chi connectivity index (χ1) is 14.1. The maximum Gasteiger partial charge on any atom is 0.191 e. The van der Waals surface area contributed by atoms with Crippen molar-refractivity contribution in [3.63, 3.8) is 0 Å². The molecule has 0 bridgehead atoms. The second-order valence-electron chi connectivity index (χ2n) is 8.26. The van der Waals surface area contributed by atoms with Gasteiger partial charge in [-0.15, -0.1) is 0 Å². The molecule has 2 rings (SSSR count). The number of nitrogens with one attached hydrogen (secondary N) is 2. The molecule has 164 valence electrons. The highest BCUT2D eigenvalue weighted by molar-refractivity contribution is 5.79. The Morgan fingerprint density at radius 1 is 1.21 bits per heavy atom. The number of ether oxygens (including phenoxy) is 1. The lowest BCUT2D eigenvalue weighted by molar-refractivity contribution is 0.191. The summed E-state index contributed by atoms with van der Waals surface area (Å²) in [5.41, 5.74) is 1.12. The van der Waals surface area contributed by atoms with Crippen molar-refractivity contribution in [3.05, 3.63) is 29.8 Å². The zero-order valence-electron chi connectivity index (χ0n) is 18.9. The van der Waals surface area contributed by atoms with Crippen molar-refractivity contribution in [3.8, 4) is 5.75 Å². The van der Waals surface area contributed by atoms with E-state index in [-0.39, 0.29) is 0 Å². The minimum atomic E-state index is 0.609. The van der Waals surface area contributed by atoms with Crippen LogP contribution in [0.3, 0.4) is 0 Å². The quantitative estimate of drug-likeness (QED) is 0.338.